The first-order chi connectivity index (χ1) is 7.47. The van der Waals surface area contributed by atoms with Gasteiger partial charge in [0.1, 0.15) is 12.2 Å². The molecule has 0 saturated heterocycles. The number of para-hydroxylation sites is 1. The predicted octanol–water partition coefficient (Wildman–Crippen LogP) is 1.30. The molecule has 0 spiro atoms. The van der Waals surface area contributed by atoms with Gasteiger partial charge >= 0.3 is 0 Å². The van der Waals surface area contributed by atoms with Crippen LogP contribution in [-0.2, 0) is 4.74 Å². The molecule has 0 bridgehead atoms. The third kappa shape index (κ3) is 3.05. The Bertz CT molecular complexity index is 343. The zero-order valence-electron chi connectivity index (χ0n) is 8.73. The molecular weight excluding hydrogens is 186 g/mol. The van der Waals surface area contributed by atoms with Gasteiger partial charge in [-0.3, -0.25) is 4.90 Å². The van der Waals surface area contributed by atoms with E-state index in [9.17, 15) is 0 Å². The lowest BCUT2D eigenvalue weighted by atomic mass is 10.3. The van der Waals surface area contributed by atoms with E-state index in [4.69, 9.17) is 4.74 Å². The van der Waals surface area contributed by atoms with Crippen molar-refractivity contribution >= 4 is 5.69 Å². The van der Waals surface area contributed by atoms with Crippen molar-refractivity contribution in [3.8, 4) is 0 Å². The van der Waals surface area contributed by atoms with Gasteiger partial charge in [-0.2, -0.15) is 0 Å². The molecule has 1 atom stereocenters. The number of quaternary nitrogens is 1. The highest BCUT2D eigenvalue weighted by Gasteiger charge is 2.07. The van der Waals surface area contributed by atoms with Crippen molar-refractivity contribution in [2.24, 2.45) is 0 Å². The summed E-state index contributed by atoms with van der Waals surface area (Å²) in [7, 11) is 0. The maximum absolute atomic E-state index is 5.46. The normalized spacial score (nSPS) is 26.0. The van der Waals surface area contributed by atoms with Crippen LogP contribution < -0.4 is 4.90 Å². The Balaban J connectivity index is 2.13. The predicted molar refractivity (Wildman–Crippen MR) is 61.0 cm³/mol. The molecule has 0 amide bonds. The molecule has 1 aliphatic rings. The van der Waals surface area contributed by atoms with Crippen LogP contribution in [-0.4, -0.2) is 19.8 Å². The van der Waals surface area contributed by atoms with E-state index in [-0.39, 0.29) is 0 Å². The lowest BCUT2D eigenvalue weighted by molar-refractivity contribution is -0.776. The fourth-order valence-electron chi connectivity index (χ4n) is 1.62. The van der Waals surface area contributed by atoms with Crippen molar-refractivity contribution in [1.29, 1.82) is 0 Å². The lowest BCUT2D eigenvalue weighted by Gasteiger charge is -2.13. The van der Waals surface area contributed by atoms with Gasteiger partial charge in [0.2, 0.25) is 0 Å². The topological polar surface area (TPSA) is 13.7 Å². The average Bonchev–Trinajstić information content (AvgIpc) is 2.43. The van der Waals surface area contributed by atoms with Gasteiger partial charge in [0.15, 0.2) is 0 Å². The van der Waals surface area contributed by atoms with Crippen LogP contribution in [0.2, 0.25) is 0 Å². The molecule has 1 unspecified atom stereocenters. The summed E-state index contributed by atoms with van der Waals surface area (Å²) in [6, 6.07) is 10.5. The summed E-state index contributed by atoms with van der Waals surface area (Å²) < 4.78 is 5.46. The van der Waals surface area contributed by atoms with E-state index in [1.807, 2.05) is 18.2 Å². The molecule has 2 nitrogen and oxygen atoms in total. The van der Waals surface area contributed by atoms with Crippen molar-refractivity contribution in [2.75, 3.05) is 19.8 Å². The minimum absolute atomic E-state index is 0.715. The van der Waals surface area contributed by atoms with E-state index in [1.54, 1.807) is 0 Å². The summed E-state index contributed by atoms with van der Waals surface area (Å²) in [4.78, 5) is 1.34. The largest absolute Gasteiger partial charge is 0.372 e. The second kappa shape index (κ2) is 5.49. The lowest BCUT2D eigenvalue weighted by Crippen LogP contribution is -3.03. The fourth-order valence-corrected chi connectivity index (χ4v) is 1.62. The first-order valence-electron chi connectivity index (χ1n) is 5.29. The molecule has 1 N–H and O–H groups in total. The van der Waals surface area contributed by atoms with E-state index < -0.39 is 0 Å². The van der Waals surface area contributed by atoms with E-state index in [2.05, 4.69) is 36.5 Å². The van der Waals surface area contributed by atoms with Crippen LogP contribution >= 0.6 is 0 Å². The third-order valence-corrected chi connectivity index (χ3v) is 2.42. The van der Waals surface area contributed by atoms with E-state index in [0.29, 0.717) is 6.61 Å². The quantitative estimate of drug-likeness (QED) is 0.724. The Hall–Kier alpha value is -1.38. The number of ether oxygens (including phenoxy) is 1. The molecule has 1 aliphatic heterocycles. The number of hydrogen-bond donors (Lipinski definition) is 1. The average molecular weight is 202 g/mol. The van der Waals surface area contributed by atoms with Crippen molar-refractivity contribution < 1.29 is 9.64 Å². The molecule has 0 aliphatic carbocycles. The second-order valence-electron chi connectivity index (χ2n) is 3.50. The maximum Gasteiger partial charge on any atom is 0.135 e. The standard InChI is InChI=1S/C13H15NO/c1-3-7-13(8-4-1)14-9-5-2-6-11-15-12-10-14/h1-9H,10-12H2/p+1/b6-2-,9-5-. The SMILES string of the molecule is C1=C\COCC[NH+](c2ccccc2)\C=C/1. The third-order valence-electron chi connectivity index (χ3n) is 2.42. The van der Waals surface area contributed by atoms with Crippen LogP contribution in [0.3, 0.4) is 0 Å². The molecule has 2 rings (SSSR count). The summed E-state index contributed by atoms with van der Waals surface area (Å²) in [5.74, 6) is 0. The van der Waals surface area contributed by atoms with Crippen LogP contribution in [0.25, 0.3) is 0 Å². The summed E-state index contributed by atoms with van der Waals surface area (Å²) in [5, 5.41) is 0. The van der Waals surface area contributed by atoms with Gasteiger partial charge in [-0.25, -0.2) is 0 Å². The monoisotopic (exact) mass is 202 g/mol. The summed E-state index contributed by atoms with van der Waals surface area (Å²) in [5.41, 5.74) is 1.28. The van der Waals surface area contributed by atoms with Gasteiger partial charge < -0.3 is 4.74 Å². The maximum atomic E-state index is 5.46. The number of hydrogen-bond acceptors (Lipinski definition) is 1. The zero-order valence-corrected chi connectivity index (χ0v) is 8.73. The van der Waals surface area contributed by atoms with Crippen LogP contribution in [0, 0.1) is 0 Å². The number of rotatable bonds is 1. The van der Waals surface area contributed by atoms with Crippen LogP contribution in [0.15, 0.2) is 54.8 Å². The fraction of sp³-hybridized carbons (Fsp3) is 0.231. The molecular formula is C13H16NO+. The highest BCUT2D eigenvalue weighted by Crippen LogP contribution is 1.98. The first kappa shape index (κ1) is 10.1. The number of allylic oxidation sites excluding steroid dienone is 2. The summed E-state index contributed by atoms with van der Waals surface area (Å²) in [6.07, 6.45) is 8.32. The molecule has 2 heteroatoms. The molecule has 0 saturated carbocycles. The Morgan fingerprint density at radius 2 is 1.93 bits per heavy atom. The van der Waals surface area contributed by atoms with Gasteiger partial charge in [-0.1, -0.05) is 30.4 Å². The van der Waals surface area contributed by atoms with Crippen molar-refractivity contribution in [1.82, 2.24) is 0 Å². The summed E-state index contributed by atoms with van der Waals surface area (Å²) in [6.45, 7) is 2.48. The smallest absolute Gasteiger partial charge is 0.135 e. The highest BCUT2D eigenvalue weighted by molar-refractivity contribution is 5.28. The minimum atomic E-state index is 0.715. The Morgan fingerprint density at radius 3 is 2.80 bits per heavy atom. The van der Waals surface area contributed by atoms with Crippen molar-refractivity contribution in [3.63, 3.8) is 0 Å². The van der Waals surface area contributed by atoms with E-state index >= 15 is 0 Å². The molecule has 0 aromatic heterocycles. The van der Waals surface area contributed by atoms with Gasteiger partial charge in [0, 0.05) is 0 Å². The first-order valence-corrected chi connectivity index (χ1v) is 5.29. The van der Waals surface area contributed by atoms with Crippen molar-refractivity contribution in [2.45, 2.75) is 0 Å². The van der Waals surface area contributed by atoms with E-state index in [1.165, 1.54) is 10.6 Å². The molecule has 0 fully saturated rings. The van der Waals surface area contributed by atoms with Gasteiger partial charge in [0.05, 0.1) is 19.4 Å². The van der Waals surface area contributed by atoms with Crippen molar-refractivity contribution in [3.05, 3.63) is 54.8 Å². The number of benzene rings is 1. The number of nitrogens with one attached hydrogen (secondary N) is 1. The molecule has 15 heavy (non-hydrogen) atoms. The Labute approximate surface area is 90.5 Å². The molecule has 1 heterocycles. The van der Waals surface area contributed by atoms with Crippen LogP contribution in [0.1, 0.15) is 0 Å². The van der Waals surface area contributed by atoms with Crippen LogP contribution in [0.5, 0.6) is 0 Å². The Morgan fingerprint density at radius 1 is 1.07 bits per heavy atom. The molecule has 1 aromatic rings. The highest BCUT2D eigenvalue weighted by atomic mass is 16.5. The second-order valence-corrected chi connectivity index (χ2v) is 3.50. The minimum Gasteiger partial charge on any atom is -0.372 e. The Kier molecular flexibility index (Phi) is 3.71. The van der Waals surface area contributed by atoms with Gasteiger partial charge in [-0.15, -0.1) is 0 Å². The van der Waals surface area contributed by atoms with Gasteiger partial charge in [0.25, 0.3) is 0 Å². The molecule has 1 aromatic carbocycles. The van der Waals surface area contributed by atoms with Crippen LogP contribution in [0.4, 0.5) is 5.69 Å². The zero-order chi connectivity index (χ0) is 10.3. The molecule has 78 valence electrons. The van der Waals surface area contributed by atoms with Gasteiger partial charge in [-0.05, 0) is 18.2 Å². The van der Waals surface area contributed by atoms with E-state index in [0.717, 1.165) is 13.2 Å². The summed E-state index contributed by atoms with van der Waals surface area (Å²) >= 11 is 0. The molecule has 0 radical (unpaired) electrons.